The van der Waals surface area contributed by atoms with Gasteiger partial charge in [0.05, 0.1) is 7.11 Å². The molecule has 0 aliphatic carbocycles. The fourth-order valence-electron chi connectivity index (χ4n) is 1.47. The third-order valence-corrected chi connectivity index (χ3v) is 4.24. The maximum atomic E-state index is 11.7. The second-order valence-corrected chi connectivity index (χ2v) is 5.76. The van der Waals surface area contributed by atoms with E-state index in [2.05, 4.69) is 4.74 Å². The van der Waals surface area contributed by atoms with Crippen LogP contribution < -0.4 is 5.73 Å². The van der Waals surface area contributed by atoms with Crippen molar-refractivity contribution in [2.24, 2.45) is 11.7 Å². The zero-order valence-corrected chi connectivity index (χ0v) is 9.66. The van der Waals surface area contributed by atoms with Crippen LogP contribution in [0, 0.1) is 5.92 Å². The van der Waals surface area contributed by atoms with E-state index in [1.807, 2.05) is 6.92 Å². The maximum Gasteiger partial charge on any atom is 0.322 e. The van der Waals surface area contributed by atoms with Gasteiger partial charge < -0.3 is 10.5 Å². The molecule has 1 fully saturated rings. The van der Waals surface area contributed by atoms with Gasteiger partial charge in [-0.25, -0.2) is 8.42 Å². The van der Waals surface area contributed by atoms with Gasteiger partial charge in [0, 0.05) is 19.1 Å². The van der Waals surface area contributed by atoms with E-state index in [0.717, 1.165) is 7.11 Å². The van der Waals surface area contributed by atoms with E-state index < -0.39 is 21.7 Å². The minimum Gasteiger partial charge on any atom is -0.468 e. The van der Waals surface area contributed by atoms with Crippen LogP contribution in [0.2, 0.25) is 0 Å². The van der Waals surface area contributed by atoms with Gasteiger partial charge >= 0.3 is 5.97 Å². The highest BCUT2D eigenvalue weighted by molar-refractivity contribution is 7.89. The number of hydrogen-bond acceptors (Lipinski definition) is 5. The first-order valence-electron chi connectivity index (χ1n) is 4.67. The van der Waals surface area contributed by atoms with Gasteiger partial charge in [-0.2, -0.15) is 4.31 Å². The van der Waals surface area contributed by atoms with Gasteiger partial charge in [0.2, 0.25) is 10.0 Å². The van der Waals surface area contributed by atoms with Crippen molar-refractivity contribution >= 4 is 16.0 Å². The van der Waals surface area contributed by atoms with Crippen LogP contribution in [0.1, 0.15) is 6.92 Å². The summed E-state index contributed by atoms with van der Waals surface area (Å²) < 4.78 is 28.9. The number of rotatable bonds is 3. The van der Waals surface area contributed by atoms with E-state index in [1.54, 1.807) is 0 Å². The van der Waals surface area contributed by atoms with Gasteiger partial charge in [-0.3, -0.25) is 4.79 Å². The molecule has 0 spiro atoms. The number of nitrogens with zero attached hydrogens (tertiary/aromatic N) is 1. The van der Waals surface area contributed by atoms with Crippen LogP contribution in [0.4, 0.5) is 0 Å². The molecule has 15 heavy (non-hydrogen) atoms. The lowest BCUT2D eigenvalue weighted by atomic mass is 10.1. The minimum atomic E-state index is -3.56. The first-order chi connectivity index (χ1) is 6.86. The lowest BCUT2D eigenvalue weighted by molar-refractivity contribution is -0.137. The first-order valence-corrected chi connectivity index (χ1v) is 6.28. The van der Waals surface area contributed by atoms with E-state index >= 15 is 0 Å². The van der Waals surface area contributed by atoms with Crippen molar-refractivity contribution in [3.8, 4) is 0 Å². The molecule has 0 aromatic rings. The van der Waals surface area contributed by atoms with Crippen LogP contribution in [-0.2, 0) is 19.6 Å². The van der Waals surface area contributed by atoms with E-state index in [1.165, 1.54) is 4.31 Å². The predicted molar refractivity (Wildman–Crippen MR) is 54.5 cm³/mol. The zero-order valence-electron chi connectivity index (χ0n) is 8.84. The van der Waals surface area contributed by atoms with Gasteiger partial charge in [-0.15, -0.1) is 0 Å². The number of esters is 1. The molecule has 1 aliphatic rings. The Morgan fingerprint density at radius 2 is 2.13 bits per heavy atom. The molecule has 0 aromatic carbocycles. The number of hydrogen-bond donors (Lipinski definition) is 1. The Morgan fingerprint density at radius 1 is 1.53 bits per heavy atom. The molecule has 2 unspecified atom stereocenters. The first kappa shape index (κ1) is 12.4. The summed E-state index contributed by atoms with van der Waals surface area (Å²) in [6.07, 6.45) is 0. The summed E-state index contributed by atoms with van der Waals surface area (Å²) in [6.45, 7) is 2.54. The number of methoxy groups -OCH3 is 1. The summed E-state index contributed by atoms with van der Waals surface area (Å²) in [7, 11) is -2.40. The lowest BCUT2D eigenvalue weighted by Crippen LogP contribution is -2.36. The standard InChI is InChI=1S/C8H16N2O4S/c1-6-3-10(4-7(6)9)15(12,13)5-8(11)14-2/h6-7H,3-5,9H2,1-2H3. The fourth-order valence-corrected chi connectivity index (χ4v) is 2.93. The van der Waals surface area contributed by atoms with Crippen molar-refractivity contribution in [3.05, 3.63) is 0 Å². The molecule has 6 nitrogen and oxygen atoms in total. The molecule has 2 N–H and O–H groups in total. The van der Waals surface area contributed by atoms with Crippen molar-refractivity contribution in [2.45, 2.75) is 13.0 Å². The van der Waals surface area contributed by atoms with E-state index in [9.17, 15) is 13.2 Å². The average molecular weight is 236 g/mol. The Hall–Kier alpha value is -0.660. The number of sulfonamides is 1. The zero-order chi connectivity index (χ0) is 11.6. The summed E-state index contributed by atoms with van der Waals surface area (Å²) in [6, 6.07) is -0.155. The predicted octanol–water partition coefficient (Wildman–Crippen LogP) is -1.23. The highest BCUT2D eigenvalue weighted by Crippen LogP contribution is 2.18. The third-order valence-electron chi connectivity index (χ3n) is 2.56. The number of nitrogens with two attached hydrogens (primary N) is 1. The maximum absolute atomic E-state index is 11.7. The molecule has 1 rings (SSSR count). The smallest absolute Gasteiger partial charge is 0.322 e. The second kappa shape index (κ2) is 4.46. The Kier molecular flexibility index (Phi) is 3.69. The van der Waals surface area contributed by atoms with Crippen LogP contribution in [0.3, 0.4) is 0 Å². The van der Waals surface area contributed by atoms with Crippen molar-refractivity contribution in [1.82, 2.24) is 4.31 Å². The fraction of sp³-hybridized carbons (Fsp3) is 0.875. The summed E-state index contributed by atoms with van der Waals surface area (Å²) in [5.41, 5.74) is 5.71. The summed E-state index contributed by atoms with van der Waals surface area (Å²) >= 11 is 0. The lowest BCUT2D eigenvalue weighted by Gasteiger charge is -2.14. The van der Waals surface area contributed by atoms with E-state index in [-0.39, 0.29) is 18.5 Å². The number of carbonyl (C=O) groups excluding carboxylic acids is 1. The Bertz CT molecular complexity index is 331. The second-order valence-electron chi connectivity index (χ2n) is 3.79. The average Bonchev–Trinajstić information content (AvgIpc) is 2.47. The minimum absolute atomic E-state index is 0.123. The Balaban J connectivity index is 2.68. The van der Waals surface area contributed by atoms with Gasteiger partial charge in [-0.05, 0) is 5.92 Å². The van der Waals surface area contributed by atoms with Crippen LogP contribution in [-0.4, -0.2) is 50.7 Å². The van der Waals surface area contributed by atoms with Crippen molar-refractivity contribution in [2.75, 3.05) is 26.0 Å². The van der Waals surface area contributed by atoms with Crippen LogP contribution in [0.5, 0.6) is 0 Å². The molecular weight excluding hydrogens is 220 g/mol. The van der Waals surface area contributed by atoms with E-state index in [0.29, 0.717) is 6.54 Å². The quantitative estimate of drug-likeness (QED) is 0.620. The molecule has 0 amide bonds. The normalized spacial score (nSPS) is 27.9. The van der Waals surface area contributed by atoms with E-state index in [4.69, 9.17) is 5.73 Å². The molecule has 0 bridgehead atoms. The van der Waals surface area contributed by atoms with Crippen molar-refractivity contribution < 1.29 is 17.9 Å². The Labute approximate surface area is 89.4 Å². The van der Waals surface area contributed by atoms with Crippen LogP contribution in [0.25, 0.3) is 0 Å². The highest BCUT2D eigenvalue weighted by Gasteiger charge is 2.35. The molecule has 1 aliphatic heterocycles. The molecular formula is C8H16N2O4S. The SMILES string of the molecule is COC(=O)CS(=O)(=O)N1CC(C)C(N)C1. The largest absolute Gasteiger partial charge is 0.468 e. The monoisotopic (exact) mass is 236 g/mol. The van der Waals surface area contributed by atoms with Crippen LogP contribution >= 0.6 is 0 Å². The van der Waals surface area contributed by atoms with Gasteiger partial charge in [0.15, 0.2) is 5.75 Å². The highest BCUT2D eigenvalue weighted by atomic mass is 32.2. The van der Waals surface area contributed by atoms with Crippen LogP contribution in [0.15, 0.2) is 0 Å². The molecule has 0 radical (unpaired) electrons. The van der Waals surface area contributed by atoms with Crippen molar-refractivity contribution in [1.29, 1.82) is 0 Å². The molecule has 88 valence electrons. The molecule has 0 aromatic heterocycles. The summed E-state index contributed by atoms with van der Waals surface area (Å²) in [5, 5.41) is 0. The third kappa shape index (κ3) is 2.90. The summed E-state index contributed by atoms with van der Waals surface area (Å²) in [4.78, 5) is 10.9. The van der Waals surface area contributed by atoms with Gasteiger partial charge in [-0.1, -0.05) is 6.92 Å². The molecule has 1 heterocycles. The molecule has 2 atom stereocenters. The van der Waals surface area contributed by atoms with Gasteiger partial charge in [0.25, 0.3) is 0 Å². The Morgan fingerprint density at radius 3 is 2.53 bits per heavy atom. The van der Waals surface area contributed by atoms with Gasteiger partial charge in [0.1, 0.15) is 0 Å². The number of ether oxygens (including phenoxy) is 1. The summed E-state index contributed by atoms with van der Waals surface area (Å²) in [5.74, 6) is -1.23. The molecule has 1 saturated heterocycles. The number of carbonyl (C=O) groups is 1. The van der Waals surface area contributed by atoms with Crippen molar-refractivity contribution in [3.63, 3.8) is 0 Å². The molecule has 7 heteroatoms. The topological polar surface area (TPSA) is 89.7 Å². The molecule has 0 saturated carbocycles.